The Morgan fingerprint density at radius 3 is 2.59 bits per heavy atom. The summed E-state index contributed by atoms with van der Waals surface area (Å²) in [7, 11) is 3.05. The third-order valence-electron chi connectivity index (χ3n) is 5.14. The minimum absolute atomic E-state index is 0.0502. The molecule has 2 aromatic heterocycles. The van der Waals surface area contributed by atoms with Gasteiger partial charge in [-0.2, -0.15) is 4.39 Å². The zero-order valence-electron chi connectivity index (χ0n) is 18.4. The lowest BCUT2D eigenvalue weighted by Gasteiger charge is -2.36. The summed E-state index contributed by atoms with van der Waals surface area (Å²) in [6.07, 6.45) is 1.59. The van der Waals surface area contributed by atoms with Crippen LogP contribution in [0, 0.1) is 5.95 Å². The molecule has 1 aliphatic heterocycles. The van der Waals surface area contributed by atoms with E-state index < -0.39 is 11.9 Å². The number of ether oxygens (including phenoxy) is 1. The lowest BCUT2D eigenvalue weighted by molar-refractivity contribution is 0.0957. The zero-order chi connectivity index (χ0) is 23.1. The molecule has 0 radical (unpaired) electrons. The van der Waals surface area contributed by atoms with E-state index >= 15 is 0 Å². The maximum absolute atomic E-state index is 14.5. The van der Waals surface area contributed by atoms with Crippen LogP contribution < -0.4 is 25.6 Å². The first kappa shape index (κ1) is 23.2. The van der Waals surface area contributed by atoms with Gasteiger partial charge in [-0.1, -0.05) is 0 Å². The van der Waals surface area contributed by atoms with Gasteiger partial charge in [0.25, 0.3) is 5.91 Å². The number of aromatic nitrogens is 2. The summed E-state index contributed by atoms with van der Waals surface area (Å²) in [6.45, 7) is 5.56. The van der Waals surface area contributed by atoms with E-state index in [1.54, 1.807) is 25.4 Å². The van der Waals surface area contributed by atoms with Crippen LogP contribution in [-0.4, -0.2) is 73.7 Å². The van der Waals surface area contributed by atoms with Gasteiger partial charge < -0.3 is 20.3 Å². The number of nitrogens with one attached hydrogen (secondary N) is 3. The predicted molar refractivity (Wildman–Crippen MR) is 119 cm³/mol. The van der Waals surface area contributed by atoms with Gasteiger partial charge in [0.05, 0.1) is 19.0 Å². The number of carbonyl (C=O) groups is 2. The molecule has 172 valence electrons. The van der Waals surface area contributed by atoms with Crippen molar-refractivity contribution >= 4 is 23.4 Å². The molecule has 1 saturated heterocycles. The van der Waals surface area contributed by atoms with Crippen LogP contribution in [0.2, 0.25) is 0 Å². The van der Waals surface area contributed by atoms with Crippen molar-refractivity contribution in [2.24, 2.45) is 0 Å². The zero-order valence-corrected chi connectivity index (χ0v) is 18.4. The van der Waals surface area contributed by atoms with Crippen LogP contribution in [-0.2, 0) is 6.54 Å². The van der Waals surface area contributed by atoms with E-state index in [9.17, 15) is 14.0 Å². The van der Waals surface area contributed by atoms with Gasteiger partial charge in [-0.05, 0) is 25.1 Å². The number of amides is 3. The fraction of sp³-hybridized carbons (Fsp3) is 0.429. The second-order valence-electron chi connectivity index (χ2n) is 7.21. The minimum atomic E-state index is -0.656. The molecule has 0 aliphatic carbocycles. The average molecular weight is 445 g/mol. The number of anilines is 2. The van der Waals surface area contributed by atoms with Crippen LogP contribution >= 0.6 is 0 Å². The third kappa shape index (κ3) is 5.61. The molecule has 11 heteroatoms. The van der Waals surface area contributed by atoms with Crippen molar-refractivity contribution in [3.63, 3.8) is 0 Å². The Balaban J connectivity index is 1.63. The second kappa shape index (κ2) is 10.7. The molecule has 3 rings (SSSR count). The molecule has 3 amide bonds. The van der Waals surface area contributed by atoms with Crippen molar-refractivity contribution in [2.45, 2.75) is 13.5 Å². The number of pyridine rings is 2. The van der Waals surface area contributed by atoms with Crippen molar-refractivity contribution < 1.29 is 18.7 Å². The van der Waals surface area contributed by atoms with Gasteiger partial charge in [-0.3, -0.25) is 15.0 Å². The maximum atomic E-state index is 14.5. The summed E-state index contributed by atoms with van der Waals surface area (Å²) in [5.41, 5.74) is 1.33. The maximum Gasteiger partial charge on any atom is 0.320 e. The SMILES string of the molecule is CCNC(=O)Nc1cc(CN2CCN(c3ccc(C(=O)NC)nc3F)CC2)c(OC)cn1. The van der Waals surface area contributed by atoms with E-state index in [0.717, 1.165) is 5.56 Å². The van der Waals surface area contributed by atoms with Crippen LogP contribution in [0.1, 0.15) is 23.0 Å². The highest BCUT2D eigenvalue weighted by molar-refractivity contribution is 5.92. The Morgan fingerprint density at radius 2 is 1.97 bits per heavy atom. The van der Waals surface area contributed by atoms with Crippen LogP contribution in [0.5, 0.6) is 5.75 Å². The molecular weight excluding hydrogens is 417 g/mol. The lowest BCUT2D eigenvalue weighted by atomic mass is 10.2. The molecule has 0 aromatic carbocycles. The standard InChI is InChI=1S/C21H28FN7O3/c1-4-24-21(31)27-18-11-14(17(32-3)12-25-18)13-28-7-9-29(10-8-28)16-6-5-15(20(30)23-2)26-19(16)22/h5-6,11-12H,4,7-10,13H2,1-3H3,(H,23,30)(H2,24,25,27,31). The molecule has 1 fully saturated rings. The Kier molecular flexibility index (Phi) is 7.77. The fourth-order valence-electron chi connectivity index (χ4n) is 3.49. The molecule has 2 aromatic rings. The average Bonchev–Trinajstić information content (AvgIpc) is 2.79. The molecule has 0 atom stereocenters. The molecule has 0 bridgehead atoms. The first-order valence-corrected chi connectivity index (χ1v) is 10.4. The van der Waals surface area contributed by atoms with Crippen LogP contribution in [0.15, 0.2) is 24.4 Å². The van der Waals surface area contributed by atoms with Gasteiger partial charge in [0.2, 0.25) is 5.95 Å². The summed E-state index contributed by atoms with van der Waals surface area (Å²) in [6, 6.07) is 4.59. The number of piperazine rings is 1. The summed E-state index contributed by atoms with van der Waals surface area (Å²) in [5.74, 6) is -0.00678. The quantitative estimate of drug-likeness (QED) is 0.553. The number of rotatable bonds is 7. The first-order chi connectivity index (χ1) is 15.4. The highest BCUT2D eigenvalue weighted by atomic mass is 19.1. The molecule has 10 nitrogen and oxygen atoms in total. The Morgan fingerprint density at radius 1 is 1.22 bits per heavy atom. The summed E-state index contributed by atoms with van der Waals surface area (Å²) in [5, 5.41) is 7.81. The van der Waals surface area contributed by atoms with Gasteiger partial charge in [0, 0.05) is 51.9 Å². The molecule has 0 saturated carbocycles. The van der Waals surface area contributed by atoms with E-state index in [-0.39, 0.29) is 11.7 Å². The molecular formula is C21H28FN7O3. The first-order valence-electron chi connectivity index (χ1n) is 10.4. The summed E-state index contributed by atoms with van der Waals surface area (Å²) >= 11 is 0. The molecule has 1 aliphatic rings. The van der Waals surface area contributed by atoms with Gasteiger partial charge in [0.15, 0.2) is 0 Å². The number of carbonyl (C=O) groups excluding carboxylic acids is 2. The number of nitrogens with zero attached hydrogens (tertiary/aromatic N) is 4. The van der Waals surface area contributed by atoms with Gasteiger partial charge in [-0.25, -0.2) is 14.8 Å². The minimum Gasteiger partial charge on any atom is -0.495 e. The van der Waals surface area contributed by atoms with Crippen LogP contribution in [0.4, 0.5) is 20.7 Å². The van der Waals surface area contributed by atoms with E-state index in [0.29, 0.717) is 56.5 Å². The Bertz CT molecular complexity index is 964. The molecule has 32 heavy (non-hydrogen) atoms. The number of hydrogen-bond donors (Lipinski definition) is 3. The van der Waals surface area contributed by atoms with Gasteiger partial charge >= 0.3 is 6.03 Å². The second-order valence-corrected chi connectivity index (χ2v) is 7.21. The van der Waals surface area contributed by atoms with E-state index in [1.807, 2.05) is 11.8 Å². The van der Waals surface area contributed by atoms with E-state index in [2.05, 4.69) is 30.8 Å². The lowest BCUT2D eigenvalue weighted by Crippen LogP contribution is -2.46. The highest BCUT2D eigenvalue weighted by Gasteiger charge is 2.22. The third-order valence-corrected chi connectivity index (χ3v) is 5.14. The molecule has 3 heterocycles. The molecule has 0 unspecified atom stereocenters. The normalized spacial score (nSPS) is 14.1. The van der Waals surface area contributed by atoms with Crippen molar-refractivity contribution in [2.75, 3.05) is 57.1 Å². The van der Waals surface area contributed by atoms with Gasteiger partial charge in [0.1, 0.15) is 17.3 Å². The summed E-state index contributed by atoms with van der Waals surface area (Å²) < 4.78 is 19.9. The Hall–Kier alpha value is -3.47. The number of halogens is 1. The molecule has 3 N–H and O–H groups in total. The van der Waals surface area contributed by atoms with Crippen molar-refractivity contribution in [1.82, 2.24) is 25.5 Å². The van der Waals surface area contributed by atoms with E-state index in [1.165, 1.54) is 13.1 Å². The number of methoxy groups -OCH3 is 1. The smallest absolute Gasteiger partial charge is 0.320 e. The summed E-state index contributed by atoms with van der Waals surface area (Å²) in [4.78, 5) is 35.5. The number of hydrogen-bond acceptors (Lipinski definition) is 7. The topological polar surface area (TPSA) is 112 Å². The van der Waals surface area contributed by atoms with Crippen molar-refractivity contribution in [3.8, 4) is 5.75 Å². The van der Waals surface area contributed by atoms with Crippen LogP contribution in [0.3, 0.4) is 0 Å². The van der Waals surface area contributed by atoms with Gasteiger partial charge in [-0.15, -0.1) is 0 Å². The van der Waals surface area contributed by atoms with E-state index in [4.69, 9.17) is 4.74 Å². The predicted octanol–water partition coefficient (Wildman–Crippen LogP) is 1.45. The van der Waals surface area contributed by atoms with Crippen molar-refractivity contribution in [1.29, 1.82) is 0 Å². The monoisotopic (exact) mass is 445 g/mol. The molecule has 0 spiro atoms. The largest absolute Gasteiger partial charge is 0.495 e. The highest BCUT2D eigenvalue weighted by Crippen LogP contribution is 2.24. The van der Waals surface area contributed by atoms with Crippen LogP contribution in [0.25, 0.3) is 0 Å². The van der Waals surface area contributed by atoms with Crippen molar-refractivity contribution in [3.05, 3.63) is 41.6 Å². The number of urea groups is 1. The fourth-order valence-corrected chi connectivity index (χ4v) is 3.49. The Labute approximate surface area is 186 Å².